The molecule has 0 saturated carbocycles. The summed E-state index contributed by atoms with van der Waals surface area (Å²) >= 11 is 3.44. The van der Waals surface area contributed by atoms with Crippen LogP contribution in [-0.4, -0.2) is 31.1 Å². The molecule has 0 radical (unpaired) electrons. The summed E-state index contributed by atoms with van der Waals surface area (Å²) in [6.07, 6.45) is 5.71. The van der Waals surface area contributed by atoms with Gasteiger partial charge in [-0.2, -0.15) is 0 Å². The summed E-state index contributed by atoms with van der Waals surface area (Å²) in [5, 5.41) is 1.10. The Hall–Kier alpha value is 0.360. The molecule has 3 nitrogen and oxygen atoms in total. The van der Waals surface area contributed by atoms with Crippen molar-refractivity contribution < 1.29 is 14.2 Å². The Balaban J connectivity index is 1.69. The molecular weight excluding hydrogens is 272 g/mol. The van der Waals surface area contributed by atoms with E-state index in [2.05, 4.69) is 22.9 Å². The molecule has 0 aromatic rings. The molecule has 3 rings (SSSR count). The van der Waals surface area contributed by atoms with E-state index in [1.54, 1.807) is 0 Å². The molecule has 0 atom stereocenters. The van der Waals surface area contributed by atoms with Crippen LogP contribution in [0.2, 0.25) is 0 Å². The van der Waals surface area contributed by atoms with E-state index in [0.29, 0.717) is 0 Å². The van der Waals surface area contributed by atoms with Gasteiger partial charge in [0.15, 0.2) is 0 Å². The molecule has 0 N–H and O–H groups in total. The first-order chi connectivity index (χ1) is 7.68. The topological polar surface area (TPSA) is 27.7 Å². The molecule has 0 aromatic heterocycles. The maximum Gasteiger partial charge on any atom is 0.282 e. The predicted octanol–water partition coefficient (Wildman–Crippen LogP) is 3.07. The van der Waals surface area contributed by atoms with Gasteiger partial charge in [-0.1, -0.05) is 35.7 Å². The molecule has 2 bridgehead atoms. The second-order valence-corrected chi connectivity index (χ2v) is 6.01. The highest BCUT2D eigenvalue weighted by Gasteiger charge is 2.49. The van der Waals surface area contributed by atoms with Crippen molar-refractivity contribution in [3.05, 3.63) is 0 Å². The van der Waals surface area contributed by atoms with Crippen molar-refractivity contribution in [3.8, 4) is 0 Å². The number of alkyl halides is 1. The average molecular weight is 293 g/mol. The Kier molecular flexibility index (Phi) is 4.27. The molecule has 3 fully saturated rings. The molecule has 3 saturated heterocycles. The van der Waals surface area contributed by atoms with E-state index in [1.165, 1.54) is 19.3 Å². The highest BCUT2D eigenvalue weighted by atomic mass is 79.9. The zero-order chi connectivity index (χ0) is 11.5. The van der Waals surface area contributed by atoms with Gasteiger partial charge < -0.3 is 14.2 Å². The van der Waals surface area contributed by atoms with Gasteiger partial charge in [0, 0.05) is 17.2 Å². The number of fused-ring (bicyclic) bond motifs is 3. The van der Waals surface area contributed by atoms with Gasteiger partial charge >= 0.3 is 0 Å². The molecule has 16 heavy (non-hydrogen) atoms. The largest absolute Gasteiger partial charge is 0.327 e. The lowest BCUT2D eigenvalue weighted by Crippen LogP contribution is -2.58. The summed E-state index contributed by atoms with van der Waals surface area (Å²) < 4.78 is 17.2. The first-order valence-electron chi connectivity index (χ1n) is 6.16. The van der Waals surface area contributed by atoms with Crippen molar-refractivity contribution in [1.82, 2.24) is 0 Å². The van der Waals surface area contributed by atoms with Gasteiger partial charge in [0.1, 0.15) is 0 Å². The Bertz CT molecular complexity index is 208. The minimum absolute atomic E-state index is 0.0811. The number of rotatable bonds is 6. The second-order valence-electron chi connectivity index (χ2n) is 5.21. The molecule has 0 unspecified atom stereocenters. The molecule has 3 aliphatic rings. The number of halogens is 1. The van der Waals surface area contributed by atoms with Gasteiger partial charge in [0.2, 0.25) is 0 Å². The normalized spacial score (nSPS) is 37.9. The first kappa shape index (κ1) is 12.8. The average Bonchev–Trinajstić information content (AvgIpc) is 2.31. The quantitative estimate of drug-likeness (QED) is 0.556. The van der Waals surface area contributed by atoms with Crippen LogP contribution >= 0.6 is 15.9 Å². The van der Waals surface area contributed by atoms with Crippen LogP contribution in [0.3, 0.4) is 0 Å². The van der Waals surface area contributed by atoms with E-state index in [1.807, 2.05) is 0 Å². The summed E-state index contributed by atoms with van der Waals surface area (Å²) in [5.41, 5.74) is 0.0811. The van der Waals surface area contributed by atoms with Crippen LogP contribution in [0.25, 0.3) is 0 Å². The van der Waals surface area contributed by atoms with E-state index < -0.39 is 5.97 Å². The van der Waals surface area contributed by atoms with E-state index in [4.69, 9.17) is 14.2 Å². The maximum atomic E-state index is 5.72. The zero-order valence-electron chi connectivity index (χ0n) is 9.97. The third-order valence-electron chi connectivity index (χ3n) is 3.29. The summed E-state index contributed by atoms with van der Waals surface area (Å²) in [7, 11) is 0. The number of unbranched alkanes of at least 4 members (excludes halogenated alkanes) is 3. The highest BCUT2D eigenvalue weighted by Crippen LogP contribution is 2.40. The third kappa shape index (κ3) is 2.97. The fourth-order valence-electron chi connectivity index (χ4n) is 2.11. The van der Waals surface area contributed by atoms with Crippen LogP contribution in [0.1, 0.15) is 39.0 Å². The van der Waals surface area contributed by atoms with E-state index in [0.717, 1.165) is 38.0 Å². The van der Waals surface area contributed by atoms with Gasteiger partial charge in [0.05, 0.1) is 19.8 Å². The fraction of sp³-hybridized carbons (Fsp3) is 1.00. The van der Waals surface area contributed by atoms with Crippen molar-refractivity contribution in [2.45, 2.75) is 45.0 Å². The lowest BCUT2D eigenvalue weighted by Gasteiger charge is -2.50. The number of hydrogen-bond donors (Lipinski definition) is 0. The van der Waals surface area contributed by atoms with E-state index in [-0.39, 0.29) is 5.41 Å². The first-order valence-corrected chi connectivity index (χ1v) is 7.28. The van der Waals surface area contributed by atoms with Gasteiger partial charge in [-0.05, 0) is 12.8 Å². The summed E-state index contributed by atoms with van der Waals surface area (Å²) in [5.74, 6) is -0.702. The summed E-state index contributed by atoms with van der Waals surface area (Å²) in [6.45, 7) is 4.46. The minimum Gasteiger partial charge on any atom is -0.327 e. The van der Waals surface area contributed by atoms with Crippen molar-refractivity contribution in [2.24, 2.45) is 5.41 Å². The van der Waals surface area contributed by atoms with Crippen LogP contribution in [-0.2, 0) is 14.2 Å². The smallest absolute Gasteiger partial charge is 0.282 e. The van der Waals surface area contributed by atoms with Crippen molar-refractivity contribution in [2.75, 3.05) is 25.2 Å². The monoisotopic (exact) mass is 292 g/mol. The van der Waals surface area contributed by atoms with E-state index >= 15 is 0 Å². The zero-order valence-corrected chi connectivity index (χ0v) is 11.6. The van der Waals surface area contributed by atoms with Gasteiger partial charge in [0.25, 0.3) is 5.97 Å². The molecule has 3 aliphatic heterocycles. The van der Waals surface area contributed by atoms with Crippen LogP contribution < -0.4 is 0 Å². The number of hydrogen-bond acceptors (Lipinski definition) is 3. The van der Waals surface area contributed by atoms with Gasteiger partial charge in [-0.25, -0.2) is 0 Å². The van der Waals surface area contributed by atoms with Crippen LogP contribution in [0.4, 0.5) is 0 Å². The second kappa shape index (κ2) is 5.34. The van der Waals surface area contributed by atoms with Crippen molar-refractivity contribution in [1.29, 1.82) is 0 Å². The highest BCUT2D eigenvalue weighted by molar-refractivity contribution is 9.09. The Morgan fingerprint density at radius 2 is 1.50 bits per heavy atom. The molecule has 0 amide bonds. The van der Waals surface area contributed by atoms with Crippen LogP contribution in [0.15, 0.2) is 0 Å². The maximum absolute atomic E-state index is 5.72. The van der Waals surface area contributed by atoms with Crippen LogP contribution in [0, 0.1) is 5.41 Å². The Labute approximate surface area is 106 Å². The van der Waals surface area contributed by atoms with Crippen molar-refractivity contribution >= 4 is 15.9 Å². The standard InChI is InChI=1S/C12H21BrO3/c1-11-8-14-12(15-9-11,16-10-11)6-4-2-3-5-7-13/h2-10H2,1H3. The number of ether oxygens (including phenoxy) is 3. The predicted molar refractivity (Wildman–Crippen MR) is 65.6 cm³/mol. The lowest BCUT2D eigenvalue weighted by atomic mass is 9.91. The van der Waals surface area contributed by atoms with Gasteiger partial charge in [-0.3, -0.25) is 0 Å². The SMILES string of the molecule is CC12COC(CCCCCCBr)(OC1)OC2. The molecule has 3 heterocycles. The molecule has 0 aliphatic carbocycles. The van der Waals surface area contributed by atoms with E-state index in [9.17, 15) is 0 Å². The van der Waals surface area contributed by atoms with Gasteiger partial charge in [-0.15, -0.1) is 0 Å². The minimum atomic E-state index is -0.702. The Morgan fingerprint density at radius 1 is 0.938 bits per heavy atom. The fourth-order valence-corrected chi connectivity index (χ4v) is 2.51. The lowest BCUT2D eigenvalue weighted by molar-refractivity contribution is -0.467. The molecular formula is C12H21BrO3. The van der Waals surface area contributed by atoms with Crippen LogP contribution in [0.5, 0.6) is 0 Å². The Morgan fingerprint density at radius 3 is 2.06 bits per heavy atom. The summed E-state index contributed by atoms with van der Waals surface area (Å²) in [6, 6.07) is 0. The molecule has 0 spiro atoms. The summed E-state index contributed by atoms with van der Waals surface area (Å²) in [4.78, 5) is 0. The molecule has 94 valence electrons. The third-order valence-corrected chi connectivity index (χ3v) is 3.85. The molecule has 4 heteroatoms. The molecule has 0 aromatic carbocycles. The van der Waals surface area contributed by atoms with Crippen molar-refractivity contribution in [3.63, 3.8) is 0 Å².